The van der Waals surface area contributed by atoms with E-state index in [4.69, 9.17) is 0 Å². The molecule has 1 aliphatic heterocycles. The van der Waals surface area contributed by atoms with E-state index in [2.05, 4.69) is 64.9 Å². The molecule has 0 aliphatic carbocycles. The number of hydrogen-bond acceptors (Lipinski definition) is 2. The maximum Gasteiger partial charge on any atom is 0.226 e. The van der Waals surface area contributed by atoms with Crippen LogP contribution < -0.4 is 10.2 Å². The van der Waals surface area contributed by atoms with Gasteiger partial charge in [0.25, 0.3) is 0 Å². The lowest BCUT2D eigenvalue weighted by Crippen LogP contribution is -2.17. The molecule has 1 amide bonds. The van der Waals surface area contributed by atoms with Crippen LogP contribution in [-0.4, -0.2) is 10.5 Å². The van der Waals surface area contributed by atoms with Crippen molar-refractivity contribution in [2.45, 2.75) is 20.4 Å². The maximum absolute atomic E-state index is 12.0. The number of aromatic nitrogens is 1. The monoisotopic (exact) mass is 345 g/mol. The number of hydrogen-bond donors (Lipinski definition) is 1. The summed E-state index contributed by atoms with van der Waals surface area (Å²) < 4.78 is 2.13. The third-order valence-electron chi connectivity index (χ3n) is 5.05. The van der Waals surface area contributed by atoms with Gasteiger partial charge in [-0.15, -0.1) is 0 Å². The number of amides is 1. The normalized spacial score (nSPS) is 13.5. The summed E-state index contributed by atoms with van der Waals surface area (Å²) in [5, 5.41) is 4.21. The second-order valence-corrected chi connectivity index (χ2v) is 7.22. The van der Waals surface area contributed by atoms with Crippen molar-refractivity contribution < 1.29 is 4.79 Å². The molecule has 0 fully saturated rings. The minimum absolute atomic E-state index is 0.0274. The second-order valence-electron chi connectivity index (χ2n) is 7.22. The average molecular weight is 345 g/mol. The molecule has 0 atom stereocenters. The number of fused-ring (bicyclic) bond motifs is 2. The Morgan fingerprint density at radius 1 is 1.15 bits per heavy atom. The van der Waals surface area contributed by atoms with E-state index in [1.807, 2.05) is 26.0 Å². The van der Waals surface area contributed by atoms with E-state index in [-0.39, 0.29) is 11.8 Å². The Labute approximate surface area is 153 Å². The minimum atomic E-state index is -0.0417. The zero-order chi connectivity index (χ0) is 18.4. The van der Waals surface area contributed by atoms with E-state index >= 15 is 0 Å². The Morgan fingerprint density at radius 3 is 2.73 bits per heavy atom. The van der Waals surface area contributed by atoms with Gasteiger partial charge in [0, 0.05) is 53.9 Å². The van der Waals surface area contributed by atoms with Crippen LogP contribution >= 0.6 is 0 Å². The number of carbonyl (C=O) groups excluding carboxylic acids is 1. The van der Waals surface area contributed by atoms with Crippen molar-refractivity contribution in [1.82, 2.24) is 4.57 Å². The molecule has 3 aromatic rings. The first kappa shape index (κ1) is 16.5. The highest BCUT2D eigenvalue weighted by atomic mass is 16.1. The fraction of sp³-hybridized carbons (Fsp3) is 0.227. The number of anilines is 2. The van der Waals surface area contributed by atoms with E-state index in [1.54, 1.807) is 0 Å². The summed E-state index contributed by atoms with van der Waals surface area (Å²) in [6.45, 7) is 8.88. The zero-order valence-corrected chi connectivity index (χ0v) is 15.4. The smallest absolute Gasteiger partial charge is 0.226 e. The summed E-state index contributed by atoms with van der Waals surface area (Å²) >= 11 is 0. The lowest BCUT2D eigenvalue weighted by atomic mass is 10.1. The maximum atomic E-state index is 12.0. The lowest BCUT2D eigenvalue weighted by Gasteiger charge is -2.20. The van der Waals surface area contributed by atoms with Crippen molar-refractivity contribution in [1.29, 1.82) is 0 Å². The highest BCUT2D eigenvalue weighted by Gasteiger charge is 2.24. The Morgan fingerprint density at radius 2 is 1.96 bits per heavy atom. The van der Waals surface area contributed by atoms with Gasteiger partial charge in [-0.3, -0.25) is 4.79 Å². The van der Waals surface area contributed by atoms with Crippen LogP contribution in [0.4, 0.5) is 11.4 Å². The third-order valence-corrected chi connectivity index (χ3v) is 5.05. The van der Waals surface area contributed by atoms with Gasteiger partial charge in [-0.2, -0.15) is 0 Å². The standard InChI is InChI=1S/C22H23N3O/c1-14(2)22(26)23-18-7-5-17-13-25(15(3)20(17)11-18)19-8-6-16-9-10-24(4)21(16)12-19/h5-12,14H,3,13H2,1-2,4H3,(H,23,26). The van der Waals surface area contributed by atoms with E-state index in [9.17, 15) is 4.79 Å². The number of nitrogens with one attached hydrogen (secondary N) is 1. The largest absolute Gasteiger partial charge is 0.350 e. The highest BCUT2D eigenvalue weighted by molar-refractivity contribution is 5.94. The topological polar surface area (TPSA) is 37.3 Å². The number of aryl methyl sites for hydroxylation is 1. The van der Waals surface area contributed by atoms with Gasteiger partial charge >= 0.3 is 0 Å². The molecule has 0 radical (unpaired) electrons. The highest BCUT2D eigenvalue weighted by Crippen LogP contribution is 2.38. The van der Waals surface area contributed by atoms with Crippen LogP contribution in [0.15, 0.2) is 55.2 Å². The Hall–Kier alpha value is -3.01. The van der Waals surface area contributed by atoms with Gasteiger partial charge in [-0.1, -0.05) is 32.6 Å². The molecule has 0 unspecified atom stereocenters. The third kappa shape index (κ3) is 2.68. The van der Waals surface area contributed by atoms with Crippen molar-refractivity contribution >= 4 is 33.9 Å². The summed E-state index contributed by atoms with van der Waals surface area (Å²) in [5.41, 5.74) is 6.45. The van der Waals surface area contributed by atoms with Crippen molar-refractivity contribution in [3.63, 3.8) is 0 Å². The minimum Gasteiger partial charge on any atom is -0.350 e. The van der Waals surface area contributed by atoms with E-state index < -0.39 is 0 Å². The number of benzene rings is 2. The Bertz CT molecular complexity index is 1030. The molecule has 0 saturated carbocycles. The van der Waals surface area contributed by atoms with Gasteiger partial charge in [-0.25, -0.2) is 0 Å². The lowest BCUT2D eigenvalue weighted by molar-refractivity contribution is -0.118. The predicted molar refractivity (Wildman–Crippen MR) is 108 cm³/mol. The Kier molecular flexibility index (Phi) is 3.83. The van der Waals surface area contributed by atoms with Crippen LogP contribution in [0, 0.1) is 5.92 Å². The summed E-state index contributed by atoms with van der Waals surface area (Å²) in [7, 11) is 2.06. The molecule has 1 aliphatic rings. The summed E-state index contributed by atoms with van der Waals surface area (Å²) in [5.74, 6) is -0.0143. The van der Waals surface area contributed by atoms with Gasteiger partial charge < -0.3 is 14.8 Å². The molecule has 1 aromatic heterocycles. The second kappa shape index (κ2) is 6.06. The summed E-state index contributed by atoms with van der Waals surface area (Å²) in [4.78, 5) is 14.2. The predicted octanol–water partition coefficient (Wildman–Crippen LogP) is 4.76. The van der Waals surface area contributed by atoms with Crippen LogP contribution in [0.1, 0.15) is 25.0 Å². The van der Waals surface area contributed by atoms with Crippen LogP contribution in [0.5, 0.6) is 0 Å². The van der Waals surface area contributed by atoms with Crippen LogP contribution in [0.2, 0.25) is 0 Å². The Balaban J connectivity index is 1.64. The summed E-state index contributed by atoms with van der Waals surface area (Å²) in [6, 6.07) is 14.7. The molecule has 132 valence electrons. The van der Waals surface area contributed by atoms with Crippen LogP contribution in [-0.2, 0) is 18.4 Å². The van der Waals surface area contributed by atoms with Crippen molar-refractivity contribution in [2.75, 3.05) is 10.2 Å². The average Bonchev–Trinajstić information content (AvgIpc) is 3.15. The SMILES string of the molecule is C=C1c2cc(NC(=O)C(C)C)ccc2CN1c1ccc2ccn(C)c2c1. The molecule has 4 nitrogen and oxygen atoms in total. The molecule has 26 heavy (non-hydrogen) atoms. The van der Waals surface area contributed by atoms with Crippen LogP contribution in [0.25, 0.3) is 16.6 Å². The van der Waals surface area contributed by atoms with Gasteiger partial charge in [-0.05, 0) is 41.3 Å². The quantitative estimate of drug-likeness (QED) is 0.743. The number of rotatable bonds is 3. The molecule has 4 rings (SSSR count). The van der Waals surface area contributed by atoms with E-state index in [0.29, 0.717) is 0 Å². The van der Waals surface area contributed by atoms with Gasteiger partial charge in [0.15, 0.2) is 0 Å². The fourth-order valence-electron chi connectivity index (χ4n) is 3.42. The van der Waals surface area contributed by atoms with E-state index in [1.165, 1.54) is 16.5 Å². The summed E-state index contributed by atoms with van der Waals surface area (Å²) in [6.07, 6.45) is 2.08. The number of carbonyl (C=O) groups is 1. The molecule has 0 bridgehead atoms. The van der Waals surface area contributed by atoms with Gasteiger partial charge in [0.2, 0.25) is 5.91 Å². The molecule has 4 heteroatoms. The van der Waals surface area contributed by atoms with Gasteiger partial charge in [0.05, 0.1) is 0 Å². The molecule has 0 spiro atoms. The van der Waals surface area contributed by atoms with Crippen LogP contribution in [0.3, 0.4) is 0 Å². The first-order chi connectivity index (χ1) is 12.4. The van der Waals surface area contributed by atoms with Crippen molar-refractivity contribution in [3.8, 4) is 0 Å². The number of nitrogens with zero attached hydrogens (tertiary/aromatic N) is 2. The first-order valence-corrected chi connectivity index (χ1v) is 8.90. The zero-order valence-electron chi connectivity index (χ0n) is 15.4. The molecule has 1 N–H and O–H groups in total. The van der Waals surface area contributed by atoms with Crippen molar-refractivity contribution in [3.05, 3.63) is 66.4 Å². The fourth-order valence-corrected chi connectivity index (χ4v) is 3.42. The molecule has 2 aromatic carbocycles. The van der Waals surface area contributed by atoms with Crippen molar-refractivity contribution in [2.24, 2.45) is 13.0 Å². The molecular formula is C22H23N3O. The molecule has 2 heterocycles. The molecule has 0 saturated heterocycles. The van der Waals surface area contributed by atoms with Gasteiger partial charge in [0.1, 0.15) is 0 Å². The van der Waals surface area contributed by atoms with E-state index in [0.717, 1.165) is 29.2 Å². The molecular weight excluding hydrogens is 322 g/mol. The first-order valence-electron chi connectivity index (χ1n) is 8.90.